The van der Waals surface area contributed by atoms with Crippen LogP contribution < -0.4 is 9.62 Å². The number of hydrogen-bond donors (Lipinski definition) is 1. The summed E-state index contributed by atoms with van der Waals surface area (Å²) in [7, 11) is -3.75. The number of halogens is 2. The Morgan fingerprint density at radius 2 is 1.66 bits per heavy atom. The van der Waals surface area contributed by atoms with Gasteiger partial charge in [0.25, 0.3) is 0 Å². The van der Waals surface area contributed by atoms with Crippen LogP contribution in [0.2, 0.25) is 5.02 Å². The molecule has 1 fully saturated rings. The monoisotopic (exact) mass is 583 g/mol. The molecule has 0 unspecified atom stereocenters. The topological polar surface area (TPSA) is 86.8 Å². The highest BCUT2D eigenvalue weighted by Crippen LogP contribution is 2.22. The first-order valence-corrected chi connectivity index (χ1v) is 14.6. The number of nitrogens with zero attached hydrogens (tertiary/aromatic N) is 2. The van der Waals surface area contributed by atoms with Gasteiger partial charge < -0.3 is 10.2 Å². The van der Waals surface area contributed by atoms with Crippen LogP contribution in [0.15, 0.2) is 53.0 Å². The molecule has 0 aromatic heterocycles. The summed E-state index contributed by atoms with van der Waals surface area (Å²) in [5.74, 6) is -0.714. The van der Waals surface area contributed by atoms with E-state index in [0.717, 1.165) is 46.3 Å². The van der Waals surface area contributed by atoms with E-state index in [1.807, 2.05) is 0 Å². The van der Waals surface area contributed by atoms with Crippen molar-refractivity contribution in [1.82, 2.24) is 10.2 Å². The van der Waals surface area contributed by atoms with Crippen molar-refractivity contribution in [1.29, 1.82) is 0 Å². The molecule has 0 bridgehead atoms. The van der Waals surface area contributed by atoms with Crippen molar-refractivity contribution in [2.75, 3.05) is 17.1 Å². The Hall–Kier alpha value is -2.10. The summed E-state index contributed by atoms with van der Waals surface area (Å²) in [4.78, 5) is 28.1. The van der Waals surface area contributed by atoms with Gasteiger partial charge in [0, 0.05) is 22.1 Å². The SMILES string of the molecule is C[C@@H](C(=O)NC1CCCCC1)N(Cc1ccc(Cl)cc1)C(=O)CN(c1ccc(Br)cc1)S(C)(=O)=O. The summed E-state index contributed by atoms with van der Waals surface area (Å²) in [6.45, 7) is 1.40. The second-order valence-electron chi connectivity index (χ2n) is 8.91. The molecule has 2 aromatic rings. The number of sulfonamides is 1. The van der Waals surface area contributed by atoms with Crippen LogP contribution in [0.4, 0.5) is 5.69 Å². The molecular formula is C25H31BrClN3O4S. The molecule has 0 saturated heterocycles. The quantitative estimate of drug-likeness (QED) is 0.462. The normalized spacial score (nSPS) is 15.3. The molecule has 10 heteroatoms. The van der Waals surface area contributed by atoms with E-state index in [4.69, 9.17) is 11.6 Å². The van der Waals surface area contributed by atoms with Crippen molar-refractivity contribution >= 4 is 55.1 Å². The van der Waals surface area contributed by atoms with E-state index >= 15 is 0 Å². The number of rotatable bonds is 9. The fraction of sp³-hybridized carbons (Fsp3) is 0.440. The smallest absolute Gasteiger partial charge is 0.244 e. The van der Waals surface area contributed by atoms with Gasteiger partial charge in [-0.25, -0.2) is 8.42 Å². The Morgan fingerprint density at radius 3 is 2.23 bits per heavy atom. The predicted molar refractivity (Wildman–Crippen MR) is 143 cm³/mol. The van der Waals surface area contributed by atoms with Gasteiger partial charge in [-0.15, -0.1) is 0 Å². The van der Waals surface area contributed by atoms with Crippen molar-refractivity contribution in [3.8, 4) is 0 Å². The van der Waals surface area contributed by atoms with E-state index < -0.39 is 28.5 Å². The van der Waals surface area contributed by atoms with Crippen molar-refractivity contribution in [2.45, 2.75) is 57.7 Å². The lowest BCUT2D eigenvalue weighted by molar-refractivity contribution is -0.139. The molecule has 1 aliphatic carbocycles. The van der Waals surface area contributed by atoms with E-state index in [0.29, 0.717) is 10.7 Å². The van der Waals surface area contributed by atoms with Crippen molar-refractivity contribution in [2.24, 2.45) is 0 Å². The second kappa shape index (κ2) is 12.2. The lowest BCUT2D eigenvalue weighted by Gasteiger charge is -2.33. The molecule has 0 spiro atoms. The average Bonchev–Trinajstić information content (AvgIpc) is 2.82. The number of anilines is 1. The minimum atomic E-state index is -3.75. The van der Waals surface area contributed by atoms with Crippen LogP contribution in [-0.2, 0) is 26.2 Å². The van der Waals surface area contributed by atoms with Crippen LogP contribution in [0.5, 0.6) is 0 Å². The molecule has 35 heavy (non-hydrogen) atoms. The Morgan fingerprint density at radius 1 is 1.06 bits per heavy atom. The van der Waals surface area contributed by atoms with E-state index in [2.05, 4.69) is 21.2 Å². The van der Waals surface area contributed by atoms with E-state index in [1.165, 1.54) is 11.3 Å². The Balaban J connectivity index is 1.85. The first-order valence-electron chi connectivity index (χ1n) is 11.6. The van der Waals surface area contributed by atoms with Crippen LogP contribution in [0.3, 0.4) is 0 Å². The van der Waals surface area contributed by atoms with E-state index in [1.54, 1.807) is 55.5 Å². The summed E-state index contributed by atoms with van der Waals surface area (Å²) in [5.41, 5.74) is 1.16. The van der Waals surface area contributed by atoms with Gasteiger partial charge in [-0.1, -0.05) is 58.9 Å². The molecule has 2 aromatic carbocycles. The lowest BCUT2D eigenvalue weighted by Crippen LogP contribution is -2.52. The van der Waals surface area contributed by atoms with Gasteiger partial charge in [-0.3, -0.25) is 13.9 Å². The highest BCUT2D eigenvalue weighted by molar-refractivity contribution is 9.10. The van der Waals surface area contributed by atoms with Crippen LogP contribution in [0.1, 0.15) is 44.6 Å². The summed E-state index contributed by atoms with van der Waals surface area (Å²) in [6.07, 6.45) is 6.22. The first-order chi connectivity index (χ1) is 16.5. The van der Waals surface area contributed by atoms with Gasteiger partial charge in [0.2, 0.25) is 21.8 Å². The van der Waals surface area contributed by atoms with Crippen LogP contribution in [-0.4, -0.2) is 50.0 Å². The third-order valence-electron chi connectivity index (χ3n) is 6.18. The average molecular weight is 585 g/mol. The summed E-state index contributed by atoms with van der Waals surface area (Å²) in [6, 6.07) is 13.0. The van der Waals surface area contributed by atoms with Crippen molar-refractivity contribution in [3.05, 3.63) is 63.6 Å². The first kappa shape index (κ1) is 27.5. The highest BCUT2D eigenvalue weighted by Gasteiger charge is 2.31. The highest BCUT2D eigenvalue weighted by atomic mass is 79.9. The number of benzene rings is 2. The molecule has 2 amide bonds. The minimum Gasteiger partial charge on any atom is -0.352 e. The van der Waals surface area contributed by atoms with Crippen LogP contribution in [0.25, 0.3) is 0 Å². The largest absolute Gasteiger partial charge is 0.352 e. The third-order valence-corrected chi connectivity index (χ3v) is 8.10. The zero-order chi connectivity index (χ0) is 25.6. The Kier molecular flexibility index (Phi) is 9.61. The zero-order valence-corrected chi connectivity index (χ0v) is 23.1. The number of hydrogen-bond acceptors (Lipinski definition) is 4. The molecule has 1 N–H and O–H groups in total. The Labute approximate surface area is 221 Å². The van der Waals surface area contributed by atoms with Gasteiger partial charge in [-0.05, 0) is 61.7 Å². The summed E-state index contributed by atoms with van der Waals surface area (Å²) in [5, 5.41) is 3.64. The molecule has 0 radical (unpaired) electrons. The van der Waals surface area contributed by atoms with E-state index in [9.17, 15) is 18.0 Å². The number of carbonyl (C=O) groups is 2. The molecule has 1 atom stereocenters. The van der Waals surface area contributed by atoms with Gasteiger partial charge in [0.1, 0.15) is 12.6 Å². The maximum absolute atomic E-state index is 13.6. The summed E-state index contributed by atoms with van der Waals surface area (Å²) >= 11 is 9.35. The molecule has 1 saturated carbocycles. The van der Waals surface area contributed by atoms with Crippen LogP contribution >= 0.6 is 27.5 Å². The molecule has 1 aliphatic rings. The van der Waals surface area contributed by atoms with Crippen molar-refractivity contribution in [3.63, 3.8) is 0 Å². The maximum atomic E-state index is 13.6. The number of carbonyl (C=O) groups excluding carboxylic acids is 2. The van der Waals surface area contributed by atoms with Gasteiger partial charge in [-0.2, -0.15) is 0 Å². The van der Waals surface area contributed by atoms with Gasteiger partial charge in [0.05, 0.1) is 11.9 Å². The molecule has 7 nitrogen and oxygen atoms in total. The molecule has 0 aliphatic heterocycles. The molecule has 3 rings (SSSR count). The second-order valence-corrected chi connectivity index (χ2v) is 12.2. The third kappa shape index (κ3) is 7.95. The number of nitrogens with one attached hydrogen (secondary N) is 1. The Bertz CT molecular complexity index is 1120. The maximum Gasteiger partial charge on any atom is 0.244 e. The predicted octanol–water partition coefficient (Wildman–Crippen LogP) is 4.73. The standard InChI is InChI=1S/C25H31BrClN3O4S/c1-18(25(32)28-22-6-4-3-5-7-22)29(16-19-8-12-21(27)13-9-19)24(31)17-30(35(2,33)34)23-14-10-20(26)11-15-23/h8-15,18,22H,3-7,16-17H2,1-2H3,(H,28,32)/t18-/m0/s1. The van der Waals surface area contributed by atoms with Crippen LogP contribution in [0, 0.1) is 0 Å². The molecular weight excluding hydrogens is 554 g/mol. The zero-order valence-electron chi connectivity index (χ0n) is 19.9. The fourth-order valence-corrected chi connectivity index (χ4v) is 5.40. The van der Waals surface area contributed by atoms with Gasteiger partial charge in [0.15, 0.2) is 0 Å². The lowest BCUT2D eigenvalue weighted by atomic mass is 9.95. The van der Waals surface area contributed by atoms with E-state index in [-0.39, 0.29) is 18.5 Å². The fourth-order valence-electron chi connectivity index (χ4n) is 4.16. The van der Waals surface area contributed by atoms with Gasteiger partial charge >= 0.3 is 0 Å². The number of amides is 2. The van der Waals surface area contributed by atoms with Crippen molar-refractivity contribution < 1.29 is 18.0 Å². The molecule has 190 valence electrons. The summed E-state index contributed by atoms with van der Waals surface area (Å²) < 4.78 is 27.0. The molecule has 0 heterocycles. The minimum absolute atomic E-state index is 0.0986.